The highest BCUT2D eigenvalue weighted by Gasteiger charge is 2.32. The number of nitro benzene ring substituents is 1. The summed E-state index contributed by atoms with van der Waals surface area (Å²) in [4.78, 5) is 31.7. The molecule has 678 valence electrons. The molecule has 0 saturated carbocycles. The number of hydrogen-bond acceptors (Lipinski definition) is 22. The van der Waals surface area contributed by atoms with E-state index in [1.807, 2.05) is 151 Å². The van der Waals surface area contributed by atoms with Crippen LogP contribution in [-0.4, -0.2) is 67.6 Å². The number of hydrogen-bond donors (Lipinski definition) is 0. The molecule has 0 bridgehead atoms. The van der Waals surface area contributed by atoms with Crippen molar-refractivity contribution in [3.05, 3.63) is 255 Å². The fourth-order valence-corrected chi connectivity index (χ4v) is 11.2. The van der Waals surface area contributed by atoms with Crippen LogP contribution in [-0.2, 0) is 32.5 Å². The zero-order valence-electron chi connectivity index (χ0n) is 77.8. The molecule has 7 heterocycles. The molecule has 32 heteroatoms. The average Bonchev–Trinajstić information content (AvgIpc) is 1.47. The molecule has 126 heavy (non-hydrogen) atoms. The number of nitro groups is 1. The molecule has 0 N–H and O–H groups in total. The van der Waals surface area contributed by atoms with Crippen LogP contribution in [0.1, 0.15) is 321 Å². The average molecular weight is 1800 g/mol. The van der Waals surface area contributed by atoms with Crippen molar-refractivity contribution in [3.8, 4) is 36.5 Å². The number of aryl methyl sites for hydroxylation is 1. The Kier molecular flexibility index (Phi) is 45.1. The normalized spacial score (nSPS) is 12.2. The highest BCUT2D eigenvalue weighted by molar-refractivity contribution is 7.05. The Morgan fingerprint density at radius 1 is 0.532 bits per heavy atom. The zero-order valence-corrected chi connectivity index (χ0v) is 80.1. The van der Waals surface area contributed by atoms with Gasteiger partial charge in [-0.25, -0.2) is 45.7 Å². The van der Waals surface area contributed by atoms with Gasteiger partial charge in [0.05, 0.1) is 28.3 Å². The minimum Gasteiger partial charge on any atom is -0.433 e. The van der Waals surface area contributed by atoms with Crippen LogP contribution < -0.4 is 0 Å². The SMILES string of the molecule is CC(C)(C)C1CCN(C#N)C1.CC(C)(C)c1ccc(Cl)nc1.CC(C)(C)c1cnc(C#N)o1.CC(C)(C)c1cnccc1Cl.CC(C)(C)c1nnc(C#N)o1.CC(C)(C)c1noc(C#N)n1.CC(C)c1c(F)c(F)cc(F)c1F.CC(C)c1cc(C#N)ccc1F.CC(C)c1cc([N+](=O)[O-])ccc1F.CC(C)c1cccc(C#N)c1F.Cc1nc(C(C)(C)C)ns1. The van der Waals surface area contributed by atoms with Gasteiger partial charge in [0.2, 0.25) is 5.89 Å². The van der Waals surface area contributed by atoms with Gasteiger partial charge in [-0.15, -0.1) is 5.10 Å². The summed E-state index contributed by atoms with van der Waals surface area (Å²) in [6, 6.07) is 28.0. The number of oxazole rings is 1. The molecule has 0 aliphatic carbocycles. The Morgan fingerprint density at radius 3 is 1.42 bits per heavy atom. The van der Waals surface area contributed by atoms with E-state index < -0.39 is 39.7 Å². The number of halogens is 9. The maximum Gasteiger partial charge on any atom is 0.329 e. The van der Waals surface area contributed by atoms with Crippen molar-refractivity contribution >= 4 is 40.4 Å². The molecule has 4 aromatic carbocycles. The fourth-order valence-electron chi connectivity index (χ4n) is 10.1. The third-order valence-electron chi connectivity index (χ3n) is 17.7. The van der Waals surface area contributed by atoms with E-state index in [0.29, 0.717) is 50.5 Å². The van der Waals surface area contributed by atoms with Gasteiger partial charge in [0.1, 0.15) is 45.3 Å². The molecule has 6 aromatic heterocycles. The summed E-state index contributed by atoms with van der Waals surface area (Å²) in [6.45, 7) is 61.7. The predicted octanol–water partition coefficient (Wildman–Crippen LogP) is 26.2. The van der Waals surface area contributed by atoms with Crippen molar-refractivity contribution in [2.75, 3.05) is 13.1 Å². The molecule has 0 amide bonds. The van der Waals surface area contributed by atoms with Gasteiger partial charge in [-0.05, 0) is 141 Å². The predicted molar refractivity (Wildman–Crippen MR) is 477 cm³/mol. The Morgan fingerprint density at radius 2 is 1.08 bits per heavy atom. The summed E-state index contributed by atoms with van der Waals surface area (Å²) in [7, 11) is 0. The molecule has 1 unspecified atom stereocenters. The number of nitriles is 6. The first-order valence-electron chi connectivity index (χ1n) is 40.1. The second-order valence-corrected chi connectivity index (χ2v) is 38.8. The molecule has 1 saturated heterocycles. The van der Waals surface area contributed by atoms with Gasteiger partial charge in [0.25, 0.3) is 5.69 Å². The van der Waals surface area contributed by atoms with E-state index in [2.05, 4.69) is 138 Å². The summed E-state index contributed by atoms with van der Waals surface area (Å²) in [5.74, 6) is -3.09. The molecule has 10 aromatic rings. The lowest BCUT2D eigenvalue weighted by Crippen LogP contribution is -2.23. The molecular formula is C94H118Cl2F7N17O5S. The van der Waals surface area contributed by atoms with Crippen molar-refractivity contribution in [2.24, 2.45) is 11.3 Å². The number of rotatable bonds is 5. The van der Waals surface area contributed by atoms with Crippen molar-refractivity contribution in [2.45, 2.75) is 270 Å². The van der Waals surface area contributed by atoms with Crippen LogP contribution in [0.15, 0.2) is 117 Å². The minimum absolute atomic E-state index is 0.0231. The van der Waals surface area contributed by atoms with Gasteiger partial charge in [-0.3, -0.25) is 15.1 Å². The van der Waals surface area contributed by atoms with Crippen LogP contribution >= 0.6 is 34.7 Å². The van der Waals surface area contributed by atoms with Gasteiger partial charge >= 0.3 is 17.7 Å². The highest BCUT2D eigenvalue weighted by Crippen LogP contribution is 2.35. The summed E-state index contributed by atoms with van der Waals surface area (Å²) in [5.41, 5.74) is 4.26. The van der Waals surface area contributed by atoms with Crippen LogP contribution in [0.5, 0.6) is 0 Å². The first kappa shape index (κ1) is 112. The zero-order chi connectivity index (χ0) is 97.1. The van der Waals surface area contributed by atoms with Crippen molar-refractivity contribution < 1.29 is 49.0 Å². The second kappa shape index (κ2) is 50.6. The van der Waals surface area contributed by atoms with Gasteiger partial charge in [0.15, 0.2) is 53.5 Å². The number of aromatic nitrogens is 9. The number of likely N-dealkylation sites (tertiary alicyclic amines) is 1. The van der Waals surface area contributed by atoms with E-state index in [4.69, 9.17) is 63.6 Å². The Labute approximate surface area is 752 Å². The number of pyridine rings is 2. The molecule has 1 aliphatic rings. The quantitative estimate of drug-likeness (QED) is 0.0386. The first-order valence-corrected chi connectivity index (χ1v) is 41.7. The lowest BCUT2D eigenvalue weighted by atomic mass is 9.80. The van der Waals surface area contributed by atoms with Crippen LogP contribution in [0.2, 0.25) is 10.2 Å². The molecule has 1 atom stereocenters. The summed E-state index contributed by atoms with van der Waals surface area (Å²) in [5, 5.41) is 74.5. The Hall–Kier alpha value is -11.5. The Balaban J connectivity index is 0.000000693. The first-order chi connectivity index (χ1) is 57.9. The van der Waals surface area contributed by atoms with Gasteiger partial charge in [0, 0.05) is 82.1 Å². The van der Waals surface area contributed by atoms with Crippen LogP contribution in [0, 0.1) is 137 Å². The third kappa shape index (κ3) is 39.3. The number of nitrogens with zero attached hydrogens (tertiary/aromatic N) is 17. The lowest BCUT2D eigenvalue weighted by molar-refractivity contribution is -0.385. The fraction of sp³-hybridized carbons (Fsp3) is 0.479. The molecule has 1 aliphatic heterocycles. The lowest BCUT2D eigenvalue weighted by Gasteiger charge is -2.25. The van der Waals surface area contributed by atoms with E-state index in [1.165, 1.54) is 67.7 Å². The van der Waals surface area contributed by atoms with E-state index in [0.717, 1.165) is 46.3 Å². The van der Waals surface area contributed by atoms with Crippen molar-refractivity contribution in [1.82, 2.24) is 49.5 Å². The molecule has 22 nitrogen and oxygen atoms in total. The maximum absolute atomic E-state index is 13.3. The summed E-state index contributed by atoms with van der Waals surface area (Å²) < 4.78 is 109. The number of non-ortho nitro benzene ring substituents is 1. The summed E-state index contributed by atoms with van der Waals surface area (Å²) >= 11 is 13.1. The maximum atomic E-state index is 13.3. The minimum atomic E-state index is -1.36. The topological polar surface area (TPSA) is 345 Å². The molecule has 0 radical (unpaired) electrons. The van der Waals surface area contributed by atoms with E-state index in [9.17, 15) is 40.8 Å². The van der Waals surface area contributed by atoms with E-state index in [1.54, 1.807) is 56.6 Å². The molecule has 1 fully saturated rings. The van der Waals surface area contributed by atoms with E-state index in [-0.39, 0.29) is 103 Å². The Bertz CT molecular complexity index is 5190. The van der Waals surface area contributed by atoms with Crippen LogP contribution in [0.4, 0.5) is 36.4 Å². The van der Waals surface area contributed by atoms with Gasteiger partial charge in [-0.2, -0.15) is 40.9 Å². The number of benzene rings is 4. The van der Waals surface area contributed by atoms with Gasteiger partial charge < -0.3 is 18.3 Å². The molecule has 11 rings (SSSR count). The molecule has 0 spiro atoms. The van der Waals surface area contributed by atoms with Crippen LogP contribution in [0.25, 0.3) is 0 Å². The van der Waals surface area contributed by atoms with E-state index >= 15 is 0 Å². The molecular weight excluding hydrogens is 1680 g/mol. The van der Waals surface area contributed by atoms with Crippen molar-refractivity contribution in [1.29, 1.82) is 31.6 Å². The standard InChI is InChI=1S/2C10H10FN.2C9H12ClN.C9H8F4.C9H10FNO2.C9H16N2.C8H10N2O.2C7H9N3O.C7H12N2S/c1-7(2)9-5-8(6-12)3-4-10(9)11;1-7(2)9-5-3-4-8(6-12)10(9)11;1-9(2,3)7-6-11-5-4-8(7)10;1-9(2,3)7-4-5-8(10)11-6-7;1-4(2)7-8(12)5(10)3-6(11)9(7)13;1-6(2)8-5-7(11(12)13)3-4-9(8)10;1-9(2,3)8-4-5-11(6-8)7-10;1-8(2,3)6-5-10-7(4-9)11-6;1-7(2,3)6-10-9-5(4-8)11-6;1-7(2,3)6-9-5(4-8)11-10-6;1-5-8-6(9-10-5)7(2,3)4/h2*3-5,7H,1-2H3;2*4-6H,1-3H3;3-4H,1-2H3;3-6H,1-2H3;8H,4-6H2,1-3H3;5H,1-3H3;2*1-3H3;1-4H3. The van der Waals surface area contributed by atoms with Gasteiger partial charge in [-0.1, -0.05) is 252 Å². The smallest absolute Gasteiger partial charge is 0.329 e. The summed E-state index contributed by atoms with van der Waals surface area (Å²) in [6.07, 6.45) is 10.3. The van der Waals surface area contributed by atoms with Crippen LogP contribution in [0.3, 0.4) is 0 Å². The third-order valence-corrected chi connectivity index (χ3v) is 18.8. The largest absolute Gasteiger partial charge is 0.433 e. The van der Waals surface area contributed by atoms with Crippen molar-refractivity contribution in [3.63, 3.8) is 0 Å². The highest BCUT2D eigenvalue weighted by atomic mass is 35.5. The second-order valence-electron chi connectivity index (χ2n) is 37.1. The monoisotopic (exact) mass is 1800 g/mol.